The summed E-state index contributed by atoms with van der Waals surface area (Å²) in [5.41, 5.74) is 2.90. The van der Waals surface area contributed by atoms with E-state index in [1.54, 1.807) is 6.20 Å². The maximum Gasteiger partial charge on any atom is 0.259 e. The second-order valence-electron chi connectivity index (χ2n) is 9.36. The fourth-order valence-electron chi connectivity index (χ4n) is 5.06. The highest BCUT2D eigenvalue weighted by molar-refractivity contribution is 6.07. The van der Waals surface area contributed by atoms with Crippen LogP contribution >= 0.6 is 0 Å². The minimum Gasteiger partial charge on any atom is -0.379 e. The van der Waals surface area contributed by atoms with Gasteiger partial charge in [0, 0.05) is 30.6 Å². The van der Waals surface area contributed by atoms with Crippen molar-refractivity contribution < 1.29 is 14.3 Å². The van der Waals surface area contributed by atoms with Crippen molar-refractivity contribution in [3.63, 3.8) is 0 Å². The van der Waals surface area contributed by atoms with E-state index < -0.39 is 0 Å². The van der Waals surface area contributed by atoms with E-state index in [0.29, 0.717) is 43.4 Å². The number of rotatable bonds is 4. The summed E-state index contributed by atoms with van der Waals surface area (Å²) in [6.07, 6.45) is 7.34. The first kappa shape index (κ1) is 19.9. The Balaban J connectivity index is 1.37. The molecule has 6 rings (SSSR count). The molecule has 3 aliphatic rings. The smallest absolute Gasteiger partial charge is 0.259 e. The number of nitrogens with one attached hydrogen (secondary N) is 1. The molecule has 0 radical (unpaired) electrons. The van der Waals surface area contributed by atoms with E-state index in [1.165, 1.54) is 12.8 Å². The lowest BCUT2D eigenvalue weighted by Gasteiger charge is -2.32. The van der Waals surface area contributed by atoms with Crippen LogP contribution in [0.5, 0.6) is 0 Å². The van der Waals surface area contributed by atoms with Crippen LogP contribution in [0.1, 0.15) is 54.1 Å². The molecule has 3 aromatic rings. The van der Waals surface area contributed by atoms with Gasteiger partial charge in [0.15, 0.2) is 0 Å². The Hall–Kier alpha value is -2.71. The Morgan fingerprint density at radius 1 is 1.12 bits per heavy atom. The number of aromatic nitrogens is 3. The molecule has 32 heavy (non-hydrogen) atoms. The summed E-state index contributed by atoms with van der Waals surface area (Å²) in [5.74, 6) is 0.0453. The van der Waals surface area contributed by atoms with Gasteiger partial charge in [0.05, 0.1) is 47.5 Å². The molecule has 1 N–H and O–H groups in total. The third kappa shape index (κ3) is 3.42. The van der Waals surface area contributed by atoms with Gasteiger partial charge in [0.25, 0.3) is 11.5 Å². The molecule has 2 aliphatic heterocycles. The minimum absolute atomic E-state index is 0.0453. The zero-order valence-electron chi connectivity index (χ0n) is 18.3. The molecule has 2 saturated heterocycles. The van der Waals surface area contributed by atoms with Gasteiger partial charge in [-0.2, -0.15) is 5.10 Å². The van der Waals surface area contributed by atoms with Gasteiger partial charge >= 0.3 is 0 Å². The molecule has 1 aliphatic carbocycles. The van der Waals surface area contributed by atoms with Gasteiger partial charge in [0.1, 0.15) is 0 Å². The quantitative estimate of drug-likeness (QED) is 0.679. The molecule has 0 unspecified atom stereocenters. The Morgan fingerprint density at radius 2 is 1.91 bits per heavy atom. The van der Waals surface area contributed by atoms with Crippen molar-refractivity contribution in [1.82, 2.24) is 19.7 Å². The lowest BCUT2D eigenvalue weighted by molar-refractivity contribution is -0.000540. The topological polar surface area (TPSA) is 89.4 Å². The van der Waals surface area contributed by atoms with Crippen LogP contribution in [-0.4, -0.2) is 64.1 Å². The summed E-state index contributed by atoms with van der Waals surface area (Å²) in [6, 6.07) is 3.95. The average molecular weight is 437 g/mol. The number of aromatic amines is 1. The number of ether oxygens (including phenoxy) is 2. The molecule has 2 aromatic heterocycles. The fraction of sp³-hybridized carbons (Fsp3) is 0.542. The number of fused-ring (bicyclic) bond motifs is 3. The summed E-state index contributed by atoms with van der Waals surface area (Å²) in [5, 5.41) is 5.92. The molecule has 0 bridgehead atoms. The summed E-state index contributed by atoms with van der Waals surface area (Å²) >= 11 is 0. The number of pyridine rings is 1. The predicted octanol–water partition coefficient (Wildman–Crippen LogP) is 2.93. The first-order chi connectivity index (χ1) is 15.6. The Morgan fingerprint density at radius 3 is 2.62 bits per heavy atom. The molecular weight excluding hydrogens is 408 g/mol. The number of hydrogen-bond acceptors (Lipinski definition) is 5. The summed E-state index contributed by atoms with van der Waals surface area (Å²) in [6.45, 7) is 4.63. The summed E-state index contributed by atoms with van der Waals surface area (Å²) < 4.78 is 13.5. The van der Waals surface area contributed by atoms with Crippen molar-refractivity contribution in [2.24, 2.45) is 0 Å². The number of carbonyl (C=O) groups is 1. The van der Waals surface area contributed by atoms with Crippen molar-refractivity contribution in [2.45, 2.75) is 57.3 Å². The summed E-state index contributed by atoms with van der Waals surface area (Å²) in [4.78, 5) is 31.0. The Bertz CT molecular complexity index is 1240. The first-order valence-electron chi connectivity index (χ1n) is 11.6. The molecule has 4 heterocycles. The highest BCUT2D eigenvalue weighted by Gasteiger charge is 2.31. The average Bonchev–Trinajstić information content (AvgIpc) is 3.25. The number of aryl methyl sites for hydroxylation is 1. The van der Waals surface area contributed by atoms with Gasteiger partial charge in [-0.05, 0) is 56.7 Å². The number of nitrogens with zero attached hydrogens (tertiary/aromatic N) is 3. The Labute approximate surface area is 185 Å². The van der Waals surface area contributed by atoms with Crippen LogP contribution in [0, 0.1) is 6.92 Å². The van der Waals surface area contributed by atoms with Gasteiger partial charge in [-0.1, -0.05) is 0 Å². The van der Waals surface area contributed by atoms with Crippen molar-refractivity contribution in [3.05, 3.63) is 39.8 Å². The standard InChI is InChI=1S/C24H28N4O4/c1-14-10-21-19(22-20(23(29)26-21)12-25-28(22)15-6-9-31-13-15)11-18(14)24(30)27-7-4-17(5-8-27)32-16-2-3-16/h10-12,15-17H,2-9,13H2,1H3,(H,26,29)/t15-/m0/s1. The molecule has 1 saturated carbocycles. The highest BCUT2D eigenvalue weighted by Crippen LogP contribution is 2.31. The van der Waals surface area contributed by atoms with E-state index in [9.17, 15) is 9.59 Å². The van der Waals surface area contributed by atoms with Gasteiger partial charge in [-0.25, -0.2) is 0 Å². The zero-order valence-corrected chi connectivity index (χ0v) is 18.3. The molecule has 0 spiro atoms. The minimum atomic E-state index is -0.158. The number of H-pyrrole nitrogens is 1. The monoisotopic (exact) mass is 436 g/mol. The molecule has 8 heteroatoms. The fourth-order valence-corrected chi connectivity index (χ4v) is 5.06. The van der Waals surface area contributed by atoms with Crippen molar-refractivity contribution in [2.75, 3.05) is 26.3 Å². The zero-order chi connectivity index (χ0) is 21.8. The van der Waals surface area contributed by atoms with Crippen molar-refractivity contribution >= 4 is 27.7 Å². The van der Waals surface area contributed by atoms with Gasteiger partial charge in [0.2, 0.25) is 0 Å². The maximum atomic E-state index is 13.5. The molecule has 3 fully saturated rings. The summed E-state index contributed by atoms with van der Waals surface area (Å²) in [7, 11) is 0. The maximum absolute atomic E-state index is 13.5. The molecule has 168 valence electrons. The number of piperidine rings is 1. The largest absolute Gasteiger partial charge is 0.379 e. The molecular formula is C24H28N4O4. The van der Waals surface area contributed by atoms with Crippen molar-refractivity contribution in [1.29, 1.82) is 0 Å². The van der Waals surface area contributed by atoms with E-state index in [1.807, 2.05) is 28.6 Å². The number of hydrogen-bond donors (Lipinski definition) is 1. The van der Waals surface area contributed by atoms with Crippen LogP contribution in [0.3, 0.4) is 0 Å². The lowest BCUT2D eigenvalue weighted by atomic mass is 10.0. The first-order valence-corrected chi connectivity index (χ1v) is 11.6. The second kappa shape index (κ2) is 7.71. The molecule has 1 atom stereocenters. The number of amides is 1. The van der Waals surface area contributed by atoms with Crippen LogP contribution in [-0.2, 0) is 9.47 Å². The van der Waals surface area contributed by atoms with E-state index in [0.717, 1.165) is 41.2 Å². The van der Waals surface area contributed by atoms with Crippen molar-refractivity contribution in [3.8, 4) is 0 Å². The van der Waals surface area contributed by atoms with Crippen LogP contribution < -0.4 is 5.56 Å². The molecule has 1 amide bonds. The third-order valence-electron chi connectivity index (χ3n) is 7.03. The van der Waals surface area contributed by atoms with E-state index in [-0.39, 0.29) is 23.6 Å². The molecule has 8 nitrogen and oxygen atoms in total. The van der Waals surface area contributed by atoms with Gasteiger partial charge in [-0.3, -0.25) is 14.3 Å². The van der Waals surface area contributed by atoms with Gasteiger partial charge < -0.3 is 19.4 Å². The Kier molecular flexibility index (Phi) is 4.80. The van der Waals surface area contributed by atoms with E-state index >= 15 is 0 Å². The number of likely N-dealkylation sites (tertiary alicyclic amines) is 1. The lowest BCUT2D eigenvalue weighted by Crippen LogP contribution is -2.41. The van der Waals surface area contributed by atoms with Crippen LogP contribution in [0.2, 0.25) is 0 Å². The van der Waals surface area contributed by atoms with Crippen LogP contribution in [0.4, 0.5) is 0 Å². The van der Waals surface area contributed by atoms with E-state index in [4.69, 9.17) is 9.47 Å². The number of benzene rings is 1. The third-order valence-corrected chi connectivity index (χ3v) is 7.03. The van der Waals surface area contributed by atoms with Gasteiger partial charge in [-0.15, -0.1) is 0 Å². The van der Waals surface area contributed by atoms with Crippen LogP contribution in [0.25, 0.3) is 21.8 Å². The van der Waals surface area contributed by atoms with E-state index in [2.05, 4.69) is 10.1 Å². The number of carbonyl (C=O) groups excluding carboxylic acids is 1. The highest BCUT2D eigenvalue weighted by atomic mass is 16.5. The normalized spacial score (nSPS) is 22.3. The SMILES string of the molecule is Cc1cc2[nH]c(=O)c3cnn([C@H]4CCOC4)c3c2cc1C(=O)N1CCC(OC2CC2)CC1. The van der Waals surface area contributed by atoms with Crippen LogP contribution in [0.15, 0.2) is 23.1 Å². The predicted molar refractivity (Wildman–Crippen MR) is 120 cm³/mol. The molecule has 1 aromatic carbocycles. The second-order valence-corrected chi connectivity index (χ2v) is 9.36.